The smallest absolute Gasteiger partial charge is 0.0431 e. The van der Waals surface area contributed by atoms with Crippen LogP contribution in [0.4, 0.5) is 0 Å². The molecule has 0 heterocycles. The van der Waals surface area contributed by atoms with Crippen LogP contribution in [0.15, 0.2) is 12.2 Å². The van der Waals surface area contributed by atoms with Gasteiger partial charge in [0.25, 0.3) is 0 Å². The fourth-order valence-electron chi connectivity index (χ4n) is 2.10. The van der Waals surface area contributed by atoms with Crippen LogP contribution >= 0.6 is 0 Å². The van der Waals surface area contributed by atoms with Crippen molar-refractivity contribution in [3.63, 3.8) is 0 Å². The van der Waals surface area contributed by atoms with Gasteiger partial charge in [-0.1, -0.05) is 19.1 Å². The van der Waals surface area contributed by atoms with Gasteiger partial charge in [0.2, 0.25) is 0 Å². The highest BCUT2D eigenvalue weighted by atomic mass is 16.2. The van der Waals surface area contributed by atoms with E-state index >= 15 is 0 Å². The number of aliphatic hydroxyl groups is 1. The summed E-state index contributed by atoms with van der Waals surface area (Å²) in [7, 11) is 0. The van der Waals surface area contributed by atoms with Gasteiger partial charge in [-0.25, -0.2) is 0 Å². The SMILES string of the molecule is CCC1(CCCO)C=CCCC1. The lowest BCUT2D eigenvalue weighted by Crippen LogP contribution is -2.19. The van der Waals surface area contributed by atoms with Crippen LogP contribution in [0.25, 0.3) is 0 Å². The maximum Gasteiger partial charge on any atom is 0.0431 e. The summed E-state index contributed by atoms with van der Waals surface area (Å²) in [4.78, 5) is 0. The topological polar surface area (TPSA) is 20.2 Å². The minimum Gasteiger partial charge on any atom is -0.396 e. The third-order valence-corrected chi connectivity index (χ3v) is 3.05. The van der Waals surface area contributed by atoms with Crippen molar-refractivity contribution in [2.45, 2.75) is 45.4 Å². The predicted octanol–water partition coefficient (Wildman–Crippen LogP) is 2.90. The lowest BCUT2D eigenvalue weighted by Gasteiger charge is -2.32. The largest absolute Gasteiger partial charge is 0.396 e. The molecule has 0 saturated heterocycles. The number of hydrogen-bond acceptors (Lipinski definition) is 1. The van der Waals surface area contributed by atoms with Gasteiger partial charge in [0.1, 0.15) is 0 Å². The molecule has 1 rings (SSSR count). The zero-order valence-electron chi connectivity index (χ0n) is 8.05. The van der Waals surface area contributed by atoms with Gasteiger partial charge in [0.05, 0.1) is 0 Å². The highest BCUT2D eigenvalue weighted by Crippen LogP contribution is 2.38. The summed E-state index contributed by atoms with van der Waals surface area (Å²) in [5, 5.41) is 8.78. The van der Waals surface area contributed by atoms with E-state index in [0.29, 0.717) is 12.0 Å². The molecule has 12 heavy (non-hydrogen) atoms. The molecular formula is C11H20O. The summed E-state index contributed by atoms with van der Waals surface area (Å²) in [5.74, 6) is 0. The molecule has 0 aliphatic heterocycles. The minimum atomic E-state index is 0.343. The number of hydrogen-bond donors (Lipinski definition) is 1. The third-order valence-electron chi connectivity index (χ3n) is 3.05. The van der Waals surface area contributed by atoms with E-state index in [0.717, 1.165) is 12.8 Å². The van der Waals surface area contributed by atoms with Crippen LogP contribution in [0.3, 0.4) is 0 Å². The first-order valence-electron chi connectivity index (χ1n) is 5.11. The fraction of sp³-hybridized carbons (Fsp3) is 0.818. The van der Waals surface area contributed by atoms with Crippen LogP contribution in [-0.2, 0) is 0 Å². The van der Waals surface area contributed by atoms with Crippen molar-refractivity contribution >= 4 is 0 Å². The molecule has 1 aliphatic carbocycles. The van der Waals surface area contributed by atoms with Crippen LogP contribution < -0.4 is 0 Å². The maximum atomic E-state index is 8.78. The Morgan fingerprint density at radius 1 is 1.50 bits per heavy atom. The summed E-state index contributed by atoms with van der Waals surface area (Å²) in [6, 6.07) is 0. The molecular weight excluding hydrogens is 148 g/mol. The average Bonchev–Trinajstić information content (AvgIpc) is 2.16. The maximum absolute atomic E-state index is 8.78. The molecule has 0 aromatic carbocycles. The van der Waals surface area contributed by atoms with Crippen molar-refractivity contribution in [2.24, 2.45) is 5.41 Å². The Morgan fingerprint density at radius 2 is 2.33 bits per heavy atom. The molecule has 1 heteroatoms. The van der Waals surface area contributed by atoms with Crippen LogP contribution in [0, 0.1) is 5.41 Å². The van der Waals surface area contributed by atoms with Crippen LogP contribution in [0.1, 0.15) is 45.4 Å². The Hall–Kier alpha value is -0.300. The Morgan fingerprint density at radius 3 is 2.83 bits per heavy atom. The summed E-state index contributed by atoms with van der Waals surface area (Å²) in [6.45, 7) is 2.60. The molecule has 1 unspecified atom stereocenters. The molecule has 0 aromatic heterocycles. The number of rotatable bonds is 4. The molecule has 1 N–H and O–H groups in total. The zero-order chi connectivity index (χ0) is 8.86. The van der Waals surface area contributed by atoms with E-state index in [-0.39, 0.29) is 0 Å². The van der Waals surface area contributed by atoms with E-state index < -0.39 is 0 Å². The van der Waals surface area contributed by atoms with Crippen molar-refractivity contribution in [3.05, 3.63) is 12.2 Å². The van der Waals surface area contributed by atoms with Crippen molar-refractivity contribution in [1.29, 1.82) is 0 Å². The third kappa shape index (κ3) is 2.34. The standard InChI is InChI=1S/C11H20O/c1-2-11(9-6-10-12)7-4-3-5-8-11/h4,7,12H,2-3,5-6,8-10H2,1H3. The lowest BCUT2D eigenvalue weighted by molar-refractivity contribution is 0.228. The van der Waals surface area contributed by atoms with Crippen molar-refractivity contribution in [1.82, 2.24) is 0 Å². The molecule has 1 nitrogen and oxygen atoms in total. The van der Waals surface area contributed by atoms with Gasteiger partial charge in [-0.15, -0.1) is 0 Å². The van der Waals surface area contributed by atoms with Crippen LogP contribution in [-0.4, -0.2) is 11.7 Å². The Bertz CT molecular complexity index is 151. The van der Waals surface area contributed by atoms with Crippen molar-refractivity contribution in [3.8, 4) is 0 Å². The molecule has 1 atom stereocenters. The van der Waals surface area contributed by atoms with Crippen LogP contribution in [0.2, 0.25) is 0 Å². The molecule has 0 amide bonds. The normalized spacial score (nSPS) is 29.2. The summed E-state index contributed by atoms with van der Waals surface area (Å²) < 4.78 is 0. The summed E-state index contributed by atoms with van der Waals surface area (Å²) >= 11 is 0. The minimum absolute atomic E-state index is 0.343. The van der Waals surface area contributed by atoms with E-state index in [1.807, 2.05) is 0 Å². The second-order valence-corrected chi connectivity index (χ2v) is 3.84. The number of aliphatic hydroxyl groups excluding tert-OH is 1. The summed E-state index contributed by atoms with van der Waals surface area (Å²) in [5.41, 5.74) is 0.432. The van der Waals surface area contributed by atoms with E-state index in [2.05, 4.69) is 19.1 Å². The second-order valence-electron chi connectivity index (χ2n) is 3.84. The first kappa shape index (κ1) is 9.79. The Labute approximate surface area is 75.5 Å². The molecule has 0 saturated carbocycles. The molecule has 0 fully saturated rings. The van der Waals surface area contributed by atoms with E-state index in [4.69, 9.17) is 5.11 Å². The quantitative estimate of drug-likeness (QED) is 0.640. The molecule has 1 aliphatic rings. The molecule has 0 aromatic rings. The fourth-order valence-corrected chi connectivity index (χ4v) is 2.10. The number of allylic oxidation sites excluding steroid dienone is 2. The second kappa shape index (κ2) is 4.66. The van der Waals surface area contributed by atoms with Crippen molar-refractivity contribution in [2.75, 3.05) is 6.61 Å². The molecule has 0 spiro atoms. The predicted molar refractivity (Wildman–Crippen MR) is 52.0 cm³/mol. The van der Waals surface area contributed by atoms with Gasteiger partial charge in [0.15, 0.2) is 0 Å². The van der Waals surface area contributed by atoms with E-state index in [1.165, 1.54) is 25.7 Å². The van der Waals surface area contributed by atoms with Gasteiger partial charge in [0, 0.05) is 6.61 Å². The molecule has 70 valence electrons. The van der Waals surface area contributed by atoms with Gasteiger partial charge in [-0.2, -0.15) is 0 Å². The monoisotopic (exact) mass is 168 g/mol. The highest BCUT2D eigenvalue weighted by Gasteiger charge is 2.25. The first-order chi connectivity index (χ1) is 5.83. The van der Waals surface area contributed by atoms with Gasteiger partial charge < -0.3 is 5.11 Å². The van der Waals surface area contributed by atoms with Crippen LogP contribution in [0.5, 0.6) is 0 Å². The first-order valence-corrected chi connectivity index (χ1v) is 5.11. The van der Waals surface area contributed by atoms with Gasteiger partial charge in [-0.05, 0) is 43.9 Å². The lowest BCUT2D eigenvalue weighted by atomic mass is 9.74. The molecule has 0 radical (unpaired) electrons. The van der Waals surface area contributed by atoms with E-state index in [1.54, 1.807) is 0 Å². The molecule has 0 bridgehead atoms. The van der Waals surface area contributed by atoms with Gasteiger partial charge in [-0.3, -0.25) is 0 Å². The van der Waals surface area contributed by atoms with Gasteiger partial charge >= 0.3 is 0 Å². The summed E-state index contributed by atoms with van der Waals surface area (Å²) in [6.07, 6.45) is 11.9. The average molecular weight is 168 g/mol. The zero-order valence-corrected chi connectivity index (χ0v) is 8.05. The van der Waals surface area contributed by atoms with Crippen molar-refractivity contribution < 1.29 is 5.11 Å². The highest BCUT2D eigenvalue weighted by molar-refractivity contribution is 5.02. The van der Waals surface area contributed by atoms with E-state index in [9.17, 15) is 0 Å². The Balaban J connectivity index is 2.48. The Kier molecular flexibility index (Phi) is 3.80.